The summed E-state index contributed by atoms with van der Waals surface area (Å²) in [5.41, 5.74) is 1.36. The van der Waals surface area contributed by atoms with Crippen LogP contribution in [-0.4, -0.2) is 15.5 Å². The maximum absolute atomic E-state index is 11.7. The summed E-state index contributed by atoms with van der Waals surface area (Å²) < 4.78 is 0. The molecule has 1 aromatic carbocycles. The number of aromatic nitrogens is 2. The molecule has 0 bridgehead atoms. The van der Waals surface area contributed by atoms with Crippen molar-refractivity contribution in [2.24, 2.45) is 0 Å². The quantitative estimate of drug-likeness (QED) is 0.885. The third-order valence-corrected chi connectivity index (χ3v) is 3.15. The van der Waals surface area contributed by atoms with Gasteiger partial charge in [-0.25, -0.2) is 4.98 Å². The number of hydrogen-bond donors (Lipinski definition) is 2. The van der Waals surface area contributed by atoms with Crippen molar-refractivity contribution in [3.63, 3.8) is 0 Å². The third-order valence-electron chi connectivity index (χ3n) is 3.15. The minimum absolute atomic E-state index is 0.106. The number of benzene rings is 1. The summed E-state index contributed by atoms with van der Waals surface area (Å²) in [6.07, 6.45) is 0.937. The number of H-pyrrole nitrogens is 1. The second-order valence-corrected chi connectivity index (χ2v) is 5.21. The van der Waals surface area contributed by atoms with Crippen LogP contribution in [0, 0.1) is 0 Å². The summed E-state index contributed by atoms with van der Waals surface area (Å²) in [5.74, 6) is 0.512. The topological polar surface area (TPSA) is 57.8 Å². The van der Waals surface area contributed by atoms with Gasteiger partial charge in [-0.2, -0.15) is 0 Å². The van der Waals surface area contributed by atoms with Crippen molar-refractivity contribution in [1.82, 2.24) is 9.97 Å². The first kappa shape index (κ1) is 13.3. The fourth-order valence-corrected chi connectivity index (χ4v) is 1.68. The van der Waals surface area contributed by atoms with E-state index in [4.69, 9.17) is 0 Å². The van der Waals surface area contributed by atoms with Crippen LogP contribution >= 0.6 is 0 Å². The molecule has 0 spiro atoms. The zero-order valence-electron chi connectivity index (χ0n) is 11.5. The van der Waals surface area contributed by atoms with Crippen LogP contribution in [0.1, 0.15) is 27.2 Å². The Kier molecular flexibility index (Phi) is 3.69. The van der Waals surface area contributed by atoms with E-state index in [9.17, 15) is 4.79 Å². The van der Waals surface area contributed by atoms with Gasteiger partial charge in [-0.05, 0) is 20.3 Å². The molecule has 0 aliphatic heterocycles. The Morgan fingerprint density at radius 2 is 1.95 bits per heavy atom. The van der Waals surface area contributed by atoms with Crippen molar-refractivity contribution in [2.75, 3.05) is 5.32 Å². The number of aromatic amines is 1. The zero-order valence-corrected chi connectivity index (χ0v) is 11.5. The van der Waals surface area contributed by atoms with E-state index in [0.29, 0.717) is 11.6 Å². The fourth-order valence-electron chi connectivity index (χ4n) is 1.68. The smallest absolute Gasteiger partial charge is 0.252 e. The molecule has 0 aliphatic rings. The van der Waals surface area contributed by atoms with E-state index < -0.39 is 0 Å². The molecule has 0 fully saturated rings. The minimum atomic E-state index is -0.150. The summed E-state index contributed by atoms with van der Waals surface area (Å²) in [5, 5.41) is 3.25. The fraction of sp³-hybridized carbons (Fsp3) is 0.333. The van der Waals surface area contributed by atoms with Crippen LogP contribution in [0.15, 0.2) is 41.2 Å². The van der Waals surface area contributed by atoms with Gasteiger partial charge in [0, 0.05) is 17.2 Å². The molecule has 100 valence electrons. The normalized spacial score (nSPS) is 11.3. The van der Waals surface area contributed by atoms with Crippen molar-refractivity contribution < 1.29 is 0 Å². The highest BCUT2D eigenvalue weighted by Gasteiger charge is 2.16. The molecule has 0 aliphatic carbocycles. The largest absolute Gasteiger partial charge is 0.351 e. The lowest BCUT2D eigenvalue weighted by atomic mass is 10.0. The Morgan fingerprint density at radius 1 is 1.26 bits per heavy atom. The van der Waals surface area contributed by atoms with Crippen LogP contribution in [0.5, 0.6) is 0 Å². The molecular weight excluding hydrogens is 238 g/mol. The Balaban J connectivity index is 2.38. The van der Waals surface area contributed by atoms with E-state index in [1.807, 2.05) is 30.3 Å². The Labute approximate surface area is 112 Å². The standard InChI is InChI=1S/C15H19N3O/c1-4-15(2,3)18-14-16-12(10-13(19)17-14)11-8-6-5-7-9-11/h5-10H,4H2,1-3H3,(H2,16,17,18,19). The third kappa shape index (κ3) is 3.44. The summed E-state index contributed by atoms with van der Waals surface area (Å²) in [7, 11) is 0. The van der Waals surface area contributed by atoms with Crippen molar-refractivity contribution in [3.05, 3.63) is 46.8 Å². The first-order valence-electron chi connectivity index (χ1n) is 6.45. The van der Waals surface area contributed by atoms with Gasteiger partial charge >= 0.3 is 0 Å². The number of nitrogens with zero attached hydrogens (tertiary/aromatic N) is 1. The molecule has 2 N–H and O–H groups in total. The van der Waals surface area contributed by atoms with E-state index in [1.54, 1.807) is 0 Å². The van der Waals surface area contributed by atoms with Gasteiger partial charge in [0.15, 0.2) is 0 Å². The first-order chi connectivity index (χ1) is 9.00. The van der Waals surface area contributed by atoms with E-state index in [-0.39, 0.29) is 11.1 Å². The Morgan fingerprint density at radius 3 is 2.58 bits per heavy atom. The molecule has 4 nitrogen and oxygen atoms in total. The van der Waals surface area contributed by atoms with E-state index in [2.05, 4.69) is 36.1 Å². The van der Waals surface area contributed by atoms with Crippen LogP contribution < -0.4 is 10.9 Å². The highest BCUT2D eigenvalue weighted by atomic mass is 16.1. The summed E-state index contributed by atoms with van der Waals surface area (Å²) >= 11 is 0. The van der Waals surface area contributed by atoms with E-state index >= 15 is 0 Å². The molecule has 0 amide bonds. The van der Waals surface area contributed by atoms with Crippen molar-refractivity contribution in [3.8, 4) is 11.3 Å². The van der Waals surface area contributed by atoms with Gasteiger partial charge in [-0.1, -0.05) is 37.3 Å². The van der Waals surface area contributed by atoms with E-state index in [0.717, 1.165) is 12.0 Å². The molecular formula is C15H19N3O. The lowest BCUT2D eigenvalue weighted by Crippen LogP contribution is -2.31. The van der Waals surface area contributed by atoms with Gasteiger partial charge in [-0.3, -0.25) is 9.78 Å². The highest BCUT2D eigenvalue weighted by Crippen LogP contribution is 2.18. The van der Waals surface area contributed by atoms with Crippen molar-refractivity contribution >= 4 is 5.95 Å². The monoisotopic (exact) mass is 257 g/mol. The molecule has 1 aromatic heterocycles. The van der Waals surface area contributed by atoms with Gasteiger partial charge in [0.2, 0.25) is 5.95 Å². The predicted octanol–water partition coefficient (Wildman–Crippen LogP) is 3.04. The number of nitrogens with one attached hydrogen (secondary N) is 2. The van der Waals surface area contributed by atoms with Gasteiger partial charge in [0.25, 0.3) is 5.56 Å². The average Bonchev–Trinajstić information content (AvgIpc) is 2.38. The molecule has 2 rings (SSSR count). The number of hydrogen-bond acceptors (Lipinski definition) is 3. The van der Waals surface area contributed by atoms with Crippen LogP contribution in [0.2, 0.25) is 0 Å². The van der Waals surface area contributed by atoms with Gasteiger partial charge in [-0.15, -0.1) is 0 Å². The minimum Gasteiger partial charge on any atom is -0.351 e. The highest BCUT2D eigenvalue weighted by molar-refractivity contribution is 5.59. The lowest BCUT2D eigenvalue weighted by Gasteiger charge is -2.24. The first-order valence-corrected chi connectivity index (χ1v) is 6.45. The van der Waals surface area contributed by atoms with Crippen molar-refractivity contribution in [1.29, 1.82) is 0 Å². The Bertz CT molecular complexity index is 602. The molecule has 0 atom stereocenters. The van der Waals surface area contributed by atoms with Crippen molar-refractivity contribution in [2.45, 2.75) is 32.7 Å². The maximum Gasteiger partial charge on any atom is 0.252 e. The molecule has 0 saturated carbocycles. The predicted molar refractivity (Wildman–Crippen MR) is 78.3 cm³/mol. The number of anilines is 1. The van der Waals surface area contributed by atoms with Crippen LogP contribution in [0.25, 0.3) is 11.3 Å². The molecule has 2 aromatic rings. The lowest BCUT2D eigenvalue weighted by molar-refractivity contribution is 0.542. The van der Waals surface area contributed by atoms with Crippen LogP contribution in [0.3, 0.4) is 0 Å². The molecule has 4 heteroatoms. The molecule has 1 heterocycles. The average molecular weight is 257 g/mol. The molecule has 19 heavy (non-hydrogen) atoms. The zero-order chi connectivity index (χ0) is 13.9. The second kappa shape index (κ2) is 5.26. The molecule has 0 unspecified atom stereocenters. The van der Waals surface area contributed by atoms with Crippen LogP contribution in [-0.2, 0) is 0 Å². The second-order valence-electron chi connectivity index (χ2n) is 5.21. The Hall–Kier alpha value is -2.10. The van der Waals surface area contributed by atoms with Gasteiger partial charge < -0.3 is 5.32 Å². The van der Waals surface area contributed by atoms with E-state index in [1.165, 1.54) is 6.07 Å². The van der Waals surface area contributed by atoms with Gasteiger partial charge in [0.05, 0.1) is 5.69 Å². The summed E-state index contributed by atoms with van der Waals surface area (Å²) in [6, 6.07) is 11.2. The van der Waals surface area contributed by atoms with Crippen LogP contribution in [0.4, 0.5) is 5.95 Å². The molecule has 0 saturated heterocycles. The number of rotatable bonds is 4. The van der Waals surface area contributed by atoms with Gasteiger partial charge in [0.1, 0.15) is 0 Å². The SMILES string of the molecule is CCC(C)(C)Nc1nc(-c2ccccc2)cc(=O)[nH]1. The molecule has 0 radical (unpaired) electrons. The summed E-state index contributed by atoms with van der Waals surface area (Å²) in [6.45, 7) is 6.23. The maximum atomic E-state index is 11.7. The summed E-state index contributed by atoms with van der Waals surface area (Å²) in [4.78, 5) is 18.9.